The number of carbonyl (C=O) groups excluding carboxylic acids is 1. The lowest BCUT2D eigenvalue weighted by Gasteiger charge is -2.18. The van der Waals surface area contributed by atoms with E-state index in [0.29, 0.717) is 16.7 Å². The van der Waals surface area contributed by atoms with Crippen LogP contribution in [0.5, 0.6) is 11.5 Å². The van der Waals surface area contributed by atoms with Gasteiger partial charge in [0.1, 0.15) is 0 Å². The molecule has 1 fully saturated rings. The van der Waals surface area contributed by atoms with Gasteiger partial charge in [-0.1, -0.05) is 6.07 Å². The number of carbonyl (C=O) groups is 1. The Balaban J connectivity index is 1.58. The second kappa shape index (κ2) is 8.61. The number of nitrogens with one attached hydrogen (secondary N) is 2. The Morgan fingerprint density at radius 2 is 1.88 bits per heavy atom. The van der Waals surface area contributed by atoms with Gasteiger partial charge in [0.2, 0.25) is 0 Å². The van der Waals surface area contributed by atoms with E-state index in [4.69, 9.17) is 8.92 Å². The molecule has 10 heteroatoms. The highest BCUT2D eigenvalue weighted by Crippen LogP contribution is 2.43. The maximum atomic E-state index is 12.8. The Kier molecular flexibility index (Phi) is 5.75. The number of nitrogens with zero attached hydrogens (tertiary/aromatic N) is 2. The lowest BCUT2D eigenvalue weighted by molar-refractivity contribution is 0.0966. The van der Waals surface area contributed by atoms with Crippen LogP contribution < -0.4 is 14.2 Å². The summed E-state index contributed by atoms with van der Waals surface area (Å²) in [7, 11) is 0.166. The first-order chi connectivity index (χ1) is 16.3. The zero-order valence-corrected chi connectivity index (χ0v) is 20.3. The third-order valence-electron chi connectivity index (χ3n) is 6.43. The fourth-order valence-electron chi connectivity index (χ4n) is 4.64. The third kappa shape index (κ3) is 4.02. The summed E-state index contributed by atoms with van der Waals surface area (Å²) in [6.45, 7) is 3.34. The molecule has 0 atom stereocenters. The molecule has 0 bridgehead atoms. The number of methoxy groups -OCH3 is 1. The van der Waals surface area contributed by atoms with Crippen LogP contribution in [-0.4, -0.2) is 62.8 Å². The van der Waals surface area contributed by atoms with Gasteiger partial charge in [0.15, 0.2) is 11.5 Å². The number of hydrogen-bond donors (Lipinski definition) is 2. The van der Waals surface area contributed by atoms with Crippen molar-refractivity contribution in [2.45, 2.75) is 25.9 Å². The van der Waals surface area contributed by atoms with E-state index >= 15 is 0 Å². The highest BCUT2D eigenvalue weighted by atomic mass is 32.2. The average molecular weight is 485 g/mol. The molecule has 0 aliphatic carbocycles. The van der Waals surface area contributed by atoms with Gasteiger partial charge in [0.25, 0.3) is 5.91 Å². The zero-order valence-electron chi connectivity index (χ0n) is 19.5. The summed E-state index contributed by atoms with van der Waals surface area (Å²) in [4.78, 5) is 18.6. The van der Waals surface area contributed by atoms with Gasteiger partial charge in [0, 0.05) is 54.9 Å². The molecule has 2 aliphatic heterocycles. The molecule has 3 aromatic rings. The predicted octanol–water partition coefficient (Wildman–Crippen LogP) is 2.87. The lowest BCUT2D eigenvalue weighted by atomic mass is 9.98. The number of benzene rings is 2. The summed E-state index contributed by atoms with van der Waals surface area (Å²) in [6.07, 6.45) is 2.50. The smallest absolute Gasteiger partial charge is 0.384 e. The number of ether oxygens (including phenoxy) is 1. The molecular formula is C24H28N4O5S. The van der Waals surface area contributed by atoms with Crippen LogP contribution in [0, 0.1) is 0 Å². The van der Waals surface area contributed by atoms with Gasteiger partial charge in [-0.15, -0.1) is 0 Å². The van der Waals surface area contributed by atoms with Crippen molar-refractivity contribution in [2.75, 3.05) is 34.3 Å². The van der Waals surface area contributed by atoms with Gasteiger partial charge in [-0.25, -0.2) is 0 Å². The first-order valence-corrected chi connectivity index (χ1v) is 12.6. The van der Waals surface area contributed by atoms with Crippen LogP contribution in [0.25, 0.3) is 22.2 Å². The Labute approximate surface area is 198 Å². The average Bonchev–Trinajstić information content (AvgIpc) is 3.54. The summed E-state index contributed by atoms with van der Waals surface area (Å²) in [5.74, 6) is -0.0190. The second-order valence-electron chi connectivity index (χ2n) is 8.90. The standard InChI is InChI=1S/C24H28N4O5S/c1-27(2)34(30,31)33-23-18-13-25-24(29)22(18)17(12-21(23)32-3)20-11-16-10-15(6-7-19(16)26-20)14-28-8-4-5-9-28/h6-7,10-12,26H,4-5,8-9,13-14H2,1-3H3,(H,25,29). The molecule has 2 aromatic carbocycles. The second-order valence-corrected chi connectivity index (χ2v) is 10.7. The Hall–Kier alpha value is -3.08. The van der Waals surface area contributed by atoms with Gasteiger partial charge < -0.3 is 19.2 Å². The number of hydrogen-bond acceptors (Lipinski definition) is 6. The SMILES string of the molecule is COc1cc(-c2cc3cc(CN4CCCC4)ccc3[nH]2)c2c(c1OS(=O)(=O)N(C)C)CNC2=O. The number of fused-ring (bicyclic) bond motifs is 2. The summed E-state index contributed by atoms with van der Waals surface area (Å²) >= 11 is 0. The minimum Gasteiger partial charge on any atom is -0.493 e. The van der Waals surface area contributed by atoms with Crippen molar-refractivity contribution < 1.29 is 22.1 Å². The largest absolute Gasteiger partial charge is 0.493 e. The fourth-order valence-corrected chi connectivity index (χ4v) is 5.18. The normalized spacial score (nSPS) is 16.3. The van der Waals surface area contributed by atoms with Crippen molar-refractivity contribution in [3.05, 3.63) is 47.0 Å². The third-order valence-corrected chi connectivity index (χ3v) is 7.70. The molecule has 0 unspecified atom stereocenters. The van der Waals surface area contributed by atoms with Crippen LogP contribution in [0.15, 0.2) is 30.3 Å². The first-order valence-electron chi connectivity index (χ1n) is 11.2. The molecule has 1 saturated heterocycles. The number of amides is 1. The van der Waals surface area contributed by atoms with Crippen molar-refractivity contribution in [1.82, 2.24) is 19.5 Å². The molecule has 3 heterocycles. The van der Waals surface area contributed by atoms with Crippen molar-refractivity contribution >= 4 is 27.1 Å². The molecule has 0 radical (unpaired) electrons. The van der Waals surface area contributed by atoms with E-state index in [0.717, 1.165) is 40.5 Å². The Morgan fingerprint density at radius 1 is 1.12 bits per heavy atom. The predicted molar refractivity (Wildman–Crippen MR) is 129 cm³/mol. The maximum absolute atomic E-state index is 12.8. The number of aromatic nitrogens is 1. The van der Waals surface area contributed by atoms with E-state index < -0.39 is 10.3 Å². The van der Waals surface area contributed by atoms with Gasteiger partial charge in [-0.3, -0.25) is 9.69 Å². The first kappa shape index (κ1) is 22.7. The molecule has 180 valence electrons. The van der Waals surface area contributed by atoms with Crippen molar-refractivity contribution in [2.24, 2.45) is 0 Å². The van der Waals surface area contributed by atoms with Crippen molar-refractivity contribution in [3.63, 3.8) is 0 Å². The van der Waals surface area contributed by atoms with Crippen LogP contribution in [0.2, 0.25) is 0 Å². The molecule has 34 heavy (non-hydrogen) atoms. The quantitative estimate of drug-likeness (QED) is 0.535. The molecule has 0 saturated carbocycles. The van der Waals surface area contributed by atoms with Crippen molar-refractivity contribution in [1.29, 1.82) is 0 Å². The molecule has 0 spiro atoms. The maximum Gasteiger partial charge on any atom is 0.384 e. The van der Waals surface area contributed by atoms with Gasteiger partial charge in [-0.05, 0) is 55.8 Å². The van der Waals surface area contributed by atoms with E-state index in [1.54, 1.807) is 6.07 Å². The number of likely N-dealkylation sites (tertiary alicyclic amines) is 1. The minimum atomic E-state index is -4.03. The molecule has 9 nitrogen and oxygen atoms in total. The minimum absolute atomic E-state index is 0.0253. The van der Waals surface area contributed by atoms with Crippen LogP contribution in [0.3, 0.4) is 0 Å². The number of aromatic amines is 1. The van der Waals surface area contributed by atoms with Gasteiger partial charge in [-0.2, -0.15) is 12.7 Å². The van der Waals surface area contributed by atoms with E-state index in [1.807, 2.05) is 6.07 Å². The Bertz CT molecular complexity index is 1370. The van der Waals surface area contributed by atoms with E-state index in [2.05, 4.69) is 33.4 Å². The van der Waals surface area contributed by atoms with Crippen LogP contribution in [0.1, 0.15) is 34.3 Å². The summed E-state index contributed by atoms with van der Waals surface area (Å²) in [6, 6.07) is 10.0. The van der Waals surface area contributed by atoms with Crippen LogP contribution in [0.4, 0.5) is 0 Å². The lowest BCUT2D eigenvalue weighted by Crippen LogP contribution is -2.27. The highest BCUT2D eigenvalue weighted by Gasteiger charge is 2.33. The number of rotatable bonds is 7. The molecule has 2 aliphatic rings. The van der Waals surface area contributed by atoms with E-state index in [9.17, 15) is 13.2 Å². The monoisotopic (exact) mass is 484 g/mol. The van der Waals surface area contributed by atoms with E-state index in [1.165, 1.54) is 39.6 Å². The fraction of sp³-hybridized carbons (Fsp3) is 0.375. The van der Waals surface area contributed by atoms with Crippen LogP contribution in [-0.2, 0) is 23.4 Å². The molecular weight excluding hydrogens is 456 g/mol. The summed E-state index contributed by atoms with van der Waals surface area (Å²) < 4.78 is 36.7. The molecule has 1 amide bonds. The topological polar surface area (TPSA) is 104 Å². The van der Waals surface area contributed by atoms with Crippen molar-refractivity contribution in [3.8, 4) is 22.8 Å². The summed E-state index contributed by atoms with van der Waals surface area (Å²) in [5.41, 5.74) is 4.43. The van der Waals surface area contributed by atoms with E-state index in [-0.39, 0.29) is 24.0 Å². The highest BCUT2D eigenvalue weighted by molar-refractivity contribution is 7.84. The summed E-state index contributed by atoms with van der Waals surface area (Å²) in [5, 5.41) is 3.83. The Morgan fingerprint density at radius 3 is 2.59 bits per heavy atom. The molecule has 5 rings (SSSR count). The molecule has 2 N–H and O–H groups in total. The van der Waals surface area contributed by atoms with Gasteiger partial charge >= 0.3 is 10.3 Å². The zero-order chi connectivity index (χ0) is 24.0. The molecule has 1 aromatic heterocycles. The number of H-pyrrole nitrogens is 1. The van der Waals surface area contributed by atoms with Gasteiger partial charge in [0.05, 0.1) is 12.7 Å². The van der Waals surface area contributed by atoms with Crippen LogP contribution >= 0.6 is 0 Å².